The Labute approximate surface area is 215 Å². The number of halogens is 2. The predicted octanol–water partition coefficient (Wildman–Crippen LogP) is 7.51. The minimum atomic E-state index is -0.603. The maximum absolute atomic E-state index is 14.7. The van der Waals surface area contributed by atoms with E-state index in [1.807, 2.05) is 18.2 Å². The summed E-state index contributed by atoms with van der Waals surface area (Å²) in [4.78, 5) is 12.9. The fraction of sp³-hybridized carbons (Fsp3) is 0.567. The van der Waals surface area contributed by atoms with Crippen LogP contribution in [-0.2, 0) is 17.6 Å². The Balaban J connectivity index is 1.47. The normalized spacial score (nSPS) is 15.4. The number of anilines is 1. The number of fused-ring (bicyclic) bond motifs is 1. The van der Waals surface area contributed by atoms with Crippen LogP contribution in [0.15, 0.2) is 30.3 Å². The zero-order valence-electron chi connectivity index (χ0n) is 22.3. The van der Waals surface area contributed by atoms with Crippen LogP contribution < -0.4 is 15.4 Å². The third kappa shape index (κ3) is 8.29. The Morgan fingerprint density at radius 1 is 1.00 bits per heavy atom. The fourth-order valence-corrected chi connectivity index (χ4v) is 4.87. The number of benzene rings is 2. The highest BCUT2D eigenvalue weighted by Crippen LogP contribution is 2.29. The minimum absolute atomic E-state index is 0.103. The Morgan fingerprint density at radius 2 is 1.64 bits per heavy atom. The molecule has 1 atom stereocenters. The Morgan fingerprint density at radius 3 is 2.28 bits per heavy atom. The summed E-state index contributed by atoms with van der Waals surface area (Å²) in [7, 11) is 1.61. The summed E-state index contributed by atoms with van der Waals surface area (Å²) in [6.07, 6.45) is 10.1. The summed E-state index contributed by atoms with van der Waals surface area (Å²) in [5, 5.41) is 5.88. The standard InChI is InChI=1S/C30H42F2N2O2/c1-30(2,3)16-11-9-7-5-6-8-10-12-25-26(31)19-22(20-27(25)32)34-29(35)28-24-14-13-23(36-4)18-21(24)15-17-33-28/h13-14,18-20,28,33H,5-12,15-17H2,1-4H3,(H,34,35)/t28-/m1/s1. The van der Waals surface area contributed by atoms with E-state index >= 15 is 0 Å². The summed E-state index contributed by atoms with van der Waals surface area (Å²) in [6, 6.07) is 7.47. The van der Waals surface area contributed by atoms with Crippen molar-refractivity contribution in [3.63, 3.8) is 0 Å². The molecule has 0 bridgehead atoms. The van der Waals surface area contributed by atoms with Crippen molar-refractivity contribution in [2.24, 2.45) is 5.41 Å². The van der Waals surface area contributed by atoms with E-state index in [1.165, 1.54) is 44.2 Å². The van der Waals surface area contributed by atoms with Gasteiger partial charge in [-0.1, -0.05) is 65.4 Å². The third-order valence-corrected chi connectivity index (χ3v) is 6.93. The molecule has 2 aromatic carbocycles. The maximum Gasteiger partial charge on any atom is 0.246 e. The molecule has 0 saturated carbocycles. The smallest absolute Gasteiger partial charge is 0.246 e. The number of rotatable bonds is 12. The molecule has 1 aliphatic rings. The van der Waals surface area contributed by atoms with Gasteiger partial charge in [0, 0.05) is 17.8 Å². The SMILES string of the molecule is COc1ccc2c(c1)CCN[C@H]2C(=O)Nc1cc(F)c(CCCCCCCCCC(C)(C)C)c(F)c1. The van der Waals surface area contributed by atoms with Crippen LogP contribution in [0.2, 0.25) is 0 Å². The molecule has 0 unspecified atom stereocenters. The van der Waals surface area contributed by atoms with Crippen LogP contribution in [0.1, 0.15) is 94.9 Å². The predicted molar refractivity (Wildman–Crippen MR) is 143 cm³/mol. The molecule has 0 saturated heterocycles. The highest BCUT2D eigenvalue weighted by atomic mass is 19.1. The van der Waals surface area contributed by atoms with Crippen molar-refractivity contribution in [1.82, 2.24) is 5.32 Å². The number of carbonyl (C=O) groups excluding carboxylic acids is 1. The van der Waals surface area contributed by atoms with E-state index in [-0.39, 0.29) is 17.2 Å². The third-order valence-electron chi connectivity index (χ3n) is 6.93. The first-order valence-electron chi connectivity index (χ1n) is 13.4. The van der Waals surface area contributed by atoms with E-state index in [0.717, 1.165) is 42.6 Å². The molecular weight excluding hydrogens is 458 g/mol. The summed E-state index contributed by atoms with van der Waals surface area (Å²) in [5.41, 5.74) is 2.53. The number of hydrogen-bond donors (Lipinski definition) is 2. The number of amides is 1. The van der Waals surface area contributed by atoms with E-state index in [9.17, 15) is 13.6 Å². The van der Waals surface area contributed by atoms with Gasteiger partial charge in [0.1, 0.15) is 23.4 Å². The van der Waals surface area contributed by atoms with Gasteiger partial charge in [0.2, 0.25) is 5.91 Å². The molecule has 1 amide bonds. The first kappa shape index (κ1) is 28.1. The van der Waals surface area contributed by atoms with Crippen molar-refractivity contribution in [1.29, 1.82) is 0 Å². The van der Waals surface area contributed by atoms with Crippen LogP contribution in [0.5, 0.6) is 5.75 Å². The van der Waals surface area contributed by atoms with Crippen molar-refractivity contribution in [2.75, 3.05) is 19.0 Å². The average Bonchev–Trinajstić information content (AvgIpc) is 2.82. The molecule has 0 aliphatic carbocycles. The topological polar surface area (TPSA) is 50.4 Å². The maximum atomic E-state index is 14.7. The van der Waals surface area contributed by atoms with Gasteiger partial charge in [-0.05, 0) is 66.5 Å². The van der Waals surface area contributed by atoms with E-state index in [0.29, 0.717) is 18.4 Å². The molecule has 0 spiro atoms. The fourth-order valence-electron chi connectivity index (χ4n) is 4.87. The zero-order chi connectivity index (χ0) is 26.1. The van der Waals surface area contributed by atoms with Crippen molar-refractivity contribution < 1.29 is 18.3 Å². The Kier molecular flexibility index (Phi) is 10.3. The number of hydrogen-bond acceptors (Lipinski definition) is 3. The molecule has 4 nitrogen and oxygen atoms in total. The molecule has 2 aromatic rings. The molecule has 3 rings (SSSR count). The second kappa shape index (κ2) is 13.2. The largest absolute Gasteiger partial charge is 0.497 e. The Hall–Kier alpha value is -2.47. The lowest BCUT2D eigenvalue weighted by Crippen LogP contribution is -2.38. The molecule has 1 aliphatic heterocycles. The lowest BCUT2D eigenvalue weighted by Gasteiger charge is -2.26. The number of methoxy groups -OCH3 is 1. The number of carbonyl (C=O) groups is 1. The summed E-state index contributed by atoms with van der Waals surface area (Å²) in [6.45, 7) is 7.46. The van der Waals surface area contributed by atoms with Gasteiger partial charge >= 0.3 is 0 Å². The first-order valence-corrected chi connectivity index (χ1v) is 13.4. The van der Waals surface area contributed by atoms with E-state index < -0.39 is 17.7 Å². The van der Waals surface area contributed by atoms with Gasteiger partial charge in [-0.2, -0.15) is 0 Å². The molecule has 198 valence electrons. The summed E-state index contributed by atoms with van der Waals surface area (Å²) in [5.74, 6) is -0.802. The number of ether oxygens (including phenoxy) is 1. The molecule has 36 heavy (non-hydrogen) atoms. The second-order valence-electron chi connectivity index (χ2n) is 11.1. The van der Waals surface area contributed by atoms with Crippen LogP contribution in [-0.4, -0.2) is 19.6 Å². The molecule has 0 fully saturated rings. The molecule has 0 aromatic heterocycles. The van der Waals surface area contributed by atoms with Gasteiger partial charge in [-0.3, -0.25) is 4.79 Å². The summed E-state index contributed by atoms with van der Waals surface area (Å²) >= 11 is 0. The highest BCUT2D eigenvalue weighted by Gasteiger charge is 2.27. The molecular formula is C30H42F2N2O2. The highest BCUT2D eigenvalue weighted by molar-refractivity contribution is 5.96. The van der Waals surface area contributed by atoms with Gasteiger partial charge in [0.05, 0.1) is 7.11 Å². The van der Waals surface area contributed by atoms with Crippen LogP contribution in [0.25, 0.3) is 0 Å². The first-order chi connectivity index (χ1) is 17.2. The van der Waals surface area contributed by atoms with E-state index in [2.05, 4.69) is 31.4 Å². The van der Waals surface area contributed by atoms with Crippen molar-refractivity contribution in [3.8, 4) is 5.75 Å². The van der Waals surface area contributed by atoms with Gasteiger partial charge in [-0.25, -0.2) is 8.78 Å². The van der Waals surface area contributed by atoms with E-state index in [1.54, 1.807) is 7.11 Å². The van der Waals surface area contributed by atoms with Gasteiger partial charge in [0.25, 0.3) is 0 Å². The Bertz CT molecular complexity index is 993. The van der Waals surface area contributed by atoms with Crippen LogP contribution >= 0.6 is 0 Å². The van der Waals surface area contributed by atoms with Gasteiger partial charge in [0.15, 0.2) is 0 Å². The van der Waals surface area contributed by atoms with Crippen molar-refractivity contribution in [3.05, 3.63) is 58.7 Å². The lowest BCUT2D eigenvalue weighted by molar-refractivity contribution is -0.118. The lowest BCUT2D eigenvalue weighted by atomic mass is 9.89. The zero-order valence-corrected chi connectivity index (χ0v) is 22.3. The number of unbranched alkanes of at least 4 members (excludes halogenated alkanes) is 6. The van der Waals surface area contributed by atoms with Gasteiger partial charge < -0.3 is 15.4 Å². The van der Waals surface area contributed by atoms with Crippen LogP contribution in [0, 0.1) is 17.0 Å². The molecule has 0 radical (unpaired) electrons. The van der Waals surface area contributed by atoms with Crippen LogP contribution in [0.4, 0.5) is 14.5 Å². The second-order valence-corrected chi connectivity index (χ2v) is 11.1. The molecule has 2 N–H and O–H groups in total. The van der Waals surface area contributed by atoms with E-state index in [4.69, 9.17) is 4.74 Å². The quantitative estimate of drug-likeness (QED) is 0.297. The average molecular weight is 501 g/mol. The van der Waals surface area contributed by atoms with Crippen molar-refractivity contribution in [2.45, 2.75) is 91.0 Å². The molecule has 6 heteroatoms. The van der Waals surface area contributed by atoms with Crippen LogP contribution in [0.3, 0.4) is 0 Å². The van der Waals surface area contributed by atoms with Gasteiger partial charge in [-0.15, -0.1) is 0 Å². The summed E-state index contributed by atoms with van der Waals surface area (Å²) < 4.78 is 34.7. The minimum Gasteiger partial charge on any atom is -0.497 e. The van der Waals surface area contributed by atoms with Crippen molar-refractivity contribution >= 4 is 11.6 Å². The molecule has 1 heterocycles. The monoisotopic (exact) mass is 500 g/mol. The number of nitrogens with one attached hydrogen (secondary N) is 2.